The number of anilines is 1. The van der Waals surface area contributed by atoms with Crippen LogP contribution in [0, 0.1) is 11.3 Å². The minimum atomic E-state index is -4.31. The molecule has 0 fully saturated rings. The van der Waals surface area contributed by atoms with Crippen LogP contribution in [0.15, 0.2) is 18.2 Å². The molecular weight excluding hydrogens is 261 g/mol. The van der Waals surface area contributed by atoms with Crippen LogP contribution in [-0.2, 0) is 4.74 Å². The Hall–Kier alpha value is -1.94. The topological polar surface area (TPSA) is 68.3 Å². The minimum Gasteiger partial charge on any atom is -0.492 e. The first-order chi connectivity index (χ1) is 8.92. The summed E-state index contributed by atoms with van der Waals surface area (Å²) in [5.74, 6) is 0.354. The van der Waals surface area contributed by atoms with Gasteiger partial charge in [-0.15, -0.1) is 0 Å². The maximum Gasteiger partial charge on any atom is 0.411 e. The normalized spacial score (nSPS) is 11.1. The van der Waals surface area contributed by atoms with E-state index in [1.165, 1.54) is 6.07 Å². The van der Waals surface area contributed by atoms with E-state index in [9.17, 15) is 13.2 Å². The summed E-state index contributed by atoms with van der Waals surface area (Å²) >= 11 is 0. The van der Waals surface area contributed by atoms with E-state index < -0.39 is 12.8 Å². The van der Waals surface area contributed by atoms with Crippen molar-refractivity contribution < 1.29 is 22.6 Å². The Morgan fingerprint density at radius 3 is 2.63 bits per heavy atom. The minimum absolute atomic E-state index is 0.0592. The fourth-order valence-electron chi connectivity index (χ4n) is 1.29. The molecule has 0 amide bonds. The van der Waals surface area contributed by atoms with Gasteiger partial charge in [-0.05, 0) is 18.2 Å². The molecule has 0 unspecified atom stereocenters. The third kappa shape index (κ3) is 5.97. The van der Waals surface area contributed by atoms with E-state index in [0.717, 1.165) is 0 Å². The van der Waals surface area contributed by atoms with Gasteiger partial charge in [0.15, 0.2) is 0 Å². The number of halogens is 3. The molecule has 1 rings (SSSR count). The van der Waals surface area contributed by atoms with Crippen molar-refractivity contribution in [2.24, 2.45) is 0 Å². The largest absolute Gasteiger partial charge is 0.492 e. The van der Waals surface area contributed by atoms with Crippen molar-refractivity contribution in [3.63, 3.8) is 0 Å². The summed E-state index contributed by atoms with van der Waals surface area (Å²) in [6.07, 6.45) is -4.02. The van der Waals surface area contributed by atoms with Gasteiger partial charge < -0.3 is 15.2 Å². The van der Waals surface area contributed by atoms with E-state index >= 15 is 0 Å². The Balaban J connectivity index is 2.29. The summed E-state index contributed by atoms with van der Waals surface area (Å²) in [5, 5.41) is 8.84. The lowest BCUT2D eigenvalue weighted by atomic mass is 10.2. The van der Waals surface area contributed by atoms with Crippen molar-refractivity contribution >= 4 is 5.69 Å². The highest BCUT2D eigenvalue weighted by atomic mass is 19.4. The van der Waals surface area contributed by atoms with Crippen molar-refractivity contribution in [2.45, 2.75) is 12.6 Å². The second-order valence-electron chi connectivity index (χ2n) is 3.74. The van der Waals surface area contributed by atoms with E-state index in [2.05, 4.69) is 4.74 Å². The van der Waals surface area contributed by atoms with Crippen molar-refractivity contribution in [1.29, 1.82) is 5.26 Å². The third-order valence-corrected chi connectivity index (χ3v) is 2.08. The summed E-state index contributed by atoms with van der Waals surface area (Å²) in [4.78, 5) is 0. The molecule has 1 aromatic carbocycles. The van der Waals surface area contributed by atoms with Crippen molar-refractivity contribution in [3.8, 4) is 11.8 Å². The smallest absolute Gasteiger partial charge is 0.411 e. The van der Waals surface area contributed by atoms with Crippen LogP contribution in [-0.4, -0.2) is 26.0 Å². The summed E-state index contributed by atoms with van der Waals surface area (Å²) in [6, 6.07) is 6.52. The molecule has 19 heavy (non-hydrogen) atoms. The highest BCUT2D eigenvalue weighted by Crippen LogP contribution is 2.20. The van der Waals surface area contributed by atoms with E-state index in [4.69, 9.17) is 15.7 Å². The van der Waals surface area contributed by atoms with Crippen LogP contribution in [0.2, 0.25) is 0 Å². The van der Waals surface area contributed by atoms with Crippen LogP contribution >= 0.6 is 0 Å². The maximum atomic E-state index is 11.8. The van der Waals surface area contributed by atoms with E-state index in [1.54, 1.807) is 12.1 Å². The molecule has 0 spiro atoms. The highest BCUT2D eigenvalue weighted by Gasteiger charge is 2.27. The number of hydrogen-bond donors (Lipinski definition) is 1. The summed E-state index contributed by atoms with van der Waals surface area (Å²) in [6.45, 7) is -1.16. The van der Waals surface area contributed by atoms with E-state index in [-0.39, 0.29) is 18.8 Å². The first kappa shape index (κ1) is 15.1. The summed E-state index contributed by atoms with van der Waals surface area (Å²) in [7, 11) is 0. The average molecular weight is 274 g/mol. The van der Waals surface area contributed by atoms with Crippen molar-refractivity contribution in [3.05, 3.63) is 23.8 Å². The van der Waals surface area contributed by atoms with E-state index in [1.807, 2.05) is 6.07 Å². The standard InChI is InChI=1S/C12H13F3N2O2/c13-12(14,15)8-18-4-1-5-19-11-3-2-10(17)6-9(11)7-16/h2-3,6H,1,4-5,8,17H2. The Morgan fingerprint density at radius 1 is 1.26 bits per heavy atom. The molecule has 0 saturated heterocycles. The van der Waals surface area contributed by atoms with Crippen LogP contribution in [0.3, 0.4) is 0 Å². The predicted molar refractivity (Wildman–Crippen MR) is 62.6 cm³/mol. The van der Waals surface area contributed by atoms with Gasteiger partial charge in [0.05, 0.1) is 18.8 Å². The zero-order chi connectivity index (χ0) is 14.3. The van der Waals surface area contributed by atoms with Crippen LogP contribution in [0.1, 0.15) is 12.0 Å². The SMILES string of the molecule is N#Cc1cc(N)ccc1OCCCOCC(F)(F)F. The number of ether oxygens (including phenoxy) is 2. The second-order valence-corrected chi connectivity index (χ2v) is 3.74. The van der Waals surface area contributed by atoms with Gasteiger partial charge in [-0.3, -0.25) is 0 Å². The summed E-state index contributed by atoms with van der Waals surface area (Å²) < 4.78 is 45.0. The number of hydrogen-bond acceptors (Lipinski definition) is 4. The van der Waals surface area contributed by atoms with Gasteiger partial charge in [0, 0.05) is 12.1 Å². The fraction of sp³-hybridized carbons (Fsp3) is 0.417. The van der Waals surface area contributed by atoms with Gasteiger partial charge in [-0.1, -0.05) is 0 Å². The number of nitrogens with zero attached hydrogens (tertiary/aromatic N) is 1. The second kappa shape index (κ2) is 6.85. The summed E-state index contributed by atoms with van der Waals surface area (Å²) in [5.41, 5.74) is 6.24. The van der Waals surface area contributed by atoms with Gasteiger partial charge in [-0.2, -0.15) is 18.4 Å². The molecule has 0 bridgehead atoms. The number of nitrogens with two attached hydrogens (primary N) is 1. The monoisotopic (exact) mass is 274 g/mol. The first-order valence-electron chi connectivity index (χ1n) is 5.49. The van der Waals surface area contributed by atoms with Crippen molar-refractivity contribution in [2.75, 3.05) is 25.6 Å². The molecule has 0 aliphatic carbocycles. The van der Waals surface area contributed by atoms with Crippen LogP contribution < -0.4 is 10.5 Å². The molecule has 4 nitrogen and oxygen atoms in total. The quantitative estimate of drug-likeness (QED) is 0.639. The zero-order valence-electron chi connectivity index (χ0n) is 10.0. The van der Waals surface area contributed by atoms with E-state index in [0.29, 0.717) is 17.9 Å². The maximum absolute atomic E-state index is 11.8. The van der Waals surface area contributed by atoms with Gasteiger partial charge in [0.1, 0.15) is 18.4 Å². The number of rotatable bonds is 6. The lowest BCUT2D eigenvalue weighted by Crippen LogP contribution is -2.18. The lowest BCUT2D eigenvalue weighted by molar-refractivity contribution is -0.174. The molecule has 0 aliphatic rings. The van der Waals surface area contributed by atoms with Crippen LogP contribution in [0.4, 0.5) is 18.9 Å². The lowest BCUT2D eigenvalue weighted by Gasteiger charge is -2.09. The average Bonchev–Trinajstić information content (AvgIpc) is 2.33. The fourth-order valence-corrected chi connectivity index (χ4v) is 1.29. The molecule has 0 saturated carbocycles. The molecule has 7 heteroatoms. The zero-order valence-corrected chi connectivity index (χ0v) is 10.0. The number of nitrogen functional groups attached to an aromatic ring is 1. The molecule has 0 aromatic heterocycles. The highest BCUT2D eigenvalue weighted by molar-refractivity contribution is 5.53. The number of nitriles is 1. The number of benzene rings is 1. The van der Waals surface area contributed by atoms with Crippen LogP contribution in [0.25, 0.3) is 0 Å². The first-order valence-corrected chi connectivity index (χ1v) is 5.49. The third-order valence-electron chi connectivity index (χ3n) is 2.08. The Kier molecular flexibility index (Phi) is 5.45. The molecule has 0 aliphatic heterocycles. The molecule has 0 heterocycles. The van der Waals surface area contributed by atoms with Gasteiger partial charge in [-0.25, -0.2) is 0 Å². The molecular formula is C12H13F3N2O2. The molecule has 1 aromatic rings. The molecule has 2 N–H and O–H groups in total. The van der Waals surface area contributed by atoms with Crippen molar-refractivity contribution in [1.82, 2.24) is 0 Å². The van der Waals surface area contributed by atoms with Gasteiger partial charge in [0.2, 0.25) is 0 Å². The Bertz CT molecular complexity index is 455. The van der Waals surface area contributed by atoms with Crippen LogP contribution in [0.5, 0.6) is 5.75 Å². The Morgan fingerprint density at radius 2 is 2.00 bits per heavy atom. The molecule has 0 atom stereocenters. The van der Waals surface area contributed by atoms with Gasteiger partial charge in [0.25, 0.3) is 0 Å². The number of alkyl halides is 3. The molecule has 104 valence electrons. The van der Waals surface area contributed by atoms with Gasteiger partial charge >= 0.3 is 6.18 Å². The molecule has 0 radical (unpaired) electrons. The Labute approximate surface area is 108 Å². The predicted octanol–water partition coefficient (Wildman–Crippen LogP) is 2.49.